The molecule has 92 valence electrons. The minimum absolute atomic E-state index is 0.142. The van der Waals surface area contributed by atoms with Crippen LogP contribution in [0.2, 0.25) is 0 Å². The van der Waals surface area contributed by atoms with Gasteiger partial charge in [0.25, 0.3) is 0 Å². The molecule has 1 aliphatic rings. The van der Waals surface area contributed by atoms with Crippen LogP contribution in [0.15, 0.2) is 41.0 Å². The van der Waals surface area contributed by atoms with Crippen molar-refractivity contribution in [2.45, 2.75) is 19.4 Å². The van der Waals surface area contributed by atoms with E-state index < -0.39 is 0 Å². The van der Waals surface area contributed by atoms with E-state index in [2.05, 4.69) is 11.4 Å². The molecule has 2 heterocycles. The van der Waals surface area contributed by atoms with E-state index in [1.807, 2.05) is 24.3 Å². The number of benzene rings is 1. The summed E-state index contributed by atoms with van der Waals surface area (Å²) in [6.45, 7) is 1.80. The summed E-state index contributed by atoms with van der Waals surface area (Å²) in [7, 11) is 0. The summed E-state index contributed by atoms with van der Waals surface area (Å²) in [4.78, 5) is 12.3. The lowest BCUT2D eigenvalue weighted by atomic mass is 9.92. The van der Waals surface area contributed by atoms with Gasteiger partial charge in [-0.25, -0.2) is 0 Å². The Morgan fingerprint density at radius 2 is 2.22 bits per heavy atom. The van der Waals surface area contributed by atoms with Crippen molar-refractivity contribution in [2.75, 3.05) is 6.54 Å². The molecule has 3 heteroatoms. The van der Waals surface area contributed by atoms with E-state index in [1.165, 1.54) is 11.1 Å². The highest BCUT2D eigenvalue weighted by atomic mass is 16.3. The van der Waals surface area contributed by atoms with Crippen LogP contribution in [0.3, 0.4) is 0 Å². The van der Waals surface area contributed by atoms with E-state index in [-0.39, 0.29) is 5.78 Å². The highest BCUT2D eigenvalue weighted by Gasteiger charge is 2.17. The number of carbonyl (C=O) groups is 1. The molecule has 1 aromatic heterocycles. The van der Waals surface area contributed by atoms with Crippen LogP contribution in [-0.2, 0) is 19.4 Å². The van der Waals surface area contributed by atoms with Crippen molar-refractivity contribution in [3.63, 3.8) is 0 Å². The Labute approximate surface area is 106 Å². The van der Waals surface area contributed by atoms with Crippen LogP contribution in [0.25, 0.3) is 0 Å². The number of carbonyl (C=O) groups excluding carboxylic acids is 1. The molecule has 0 aliphatic carbocycles. The Morgan fingerprint density at radius 1 is 1.28 bits per heavy atom. The first-order valence-electron chi connectivity index (χ1n) is 6.21. The lowest BCUT2D eigenvalue weighted by Gasteiger charge is -2.19. The smallest absolute Gasteiger partial charge is 0.170 e. The molecule has 3 rings (SSSR count). The topological polar surface area (TPSA) is 42.2 Å². The number of rotatable bonds is 3. The predicted molar refractivity (Wildman–Crippen MR) is 68.6 cm³/mol. The molecular weight excluding hydrogens is 226 g/mol. The van der Waals surface area contributed by atoms with Crippen LogP contribution in [-0.4, -0.2) is 12.3 Å². The van der Waals surface area contributed by atoms with Crippen molar-refractivity contribution in [3.8, 4) is 0 Å². The van der Waals surface area contributed by atoms with Crippen LogP contribution in [0.4, 0.5) is 0 Å². The third-order valence-corrected chi connectivity index (χ3v) is 3.36. The summed E-state index contributed by atoms with van der Waals surface area (Å²) in [6.07, 6.45) is 2.87. The zero-order valence-electron chi connectivity index (χ0n) is 10.1. The number of furan rings is 1. The maximum atomic E-state index is 12.3. The molecule has 1 aliphatic heterocycles. The number of hydrogen-bond donors (Lipinski definition) is 1. The number of fused-ring (bicyclic) bond motifs is 1. The molecule has 0 atom stereocenters. The van der Waals surface area contributed by atoms with Gasteiger partial charge in [-0.3, -0.25) is 4.79 Å². The summed E-state index contributed by atoms with van der Waals surface area (Å²) in [6, 6.07) is 9.63. The second-order valence-electron chi connectivity index (χ2n) is 4.55. The first-order valence-corrected chi connectivity index (χ1v) is 6.21. The van der Waals surface area contributed by atoms with Gasteiger partial charge in [0.1, 0.15) is 5.76 Å². The van der Waals surface area contributed by atoms with Gasteiger partial charge < -0.3 is 9.73 Å². The molecule has 0 fully saturated rings. The van der Waals surface area contributed by atoms with Gasteiger partial charge in [-0.15, -0.1) is 0 Å². The number of Topliss-reactive ketones (excluding diaryl/α,β-unsaturated/α-hetero) is 1. The summed E-state index contributed by atoms with van der Waals surface area (Å²) in [5.41, 5.74) is 3.30. The van der Waals surface area contributed by atoms with Crippen molar-refractivity contribution in [2.24, 2.45) is 0 Å². The van der Waals surface area contributed by atoms with E-state index in [9.17, 15) is 4.79 Å². The van der Waals surface area contributed by atoms with Crippen LogP contribution >= 0.6 is 0 Å². The summed E-state index contributed by atoms with van der Waals surface area (Å²) in [5, 5.41) is 3.32. The third kappa shape index (κ3) is 2.09. The maximum Gasteiger partial charge on any atom is 0.170 e. The molecule has 0 amide bonds. The Balaban J connectivity index is 1.89. The molecule has 0 spiro atoms. The molecule has 0 saturated carbocycles. The van der Waals surface area contributed by atoms with Gasteiger partial charge in [0.05, 0.1) is 12.7 Å². The van der Waals surface area contributed by atoms with Gasteiger partial charge >= 0.3 is 0 Å². The molecule has 0 unspecified atom stereocenters. The number of hydrogen-bond acceptors (Lipinski definition) is 3. The van der Waals surface area contributed by atoms with E-state index in [1.54, 1.807) is 6.26 Å². The Morgan fingerprint density at radius 3 is 3.06 bits per heavy atom. The van der Waals surface area contributed by atoms with Crippen molar-refractivity contribution in [1.82, 2.24) is 5.32 Å². The quantitative estimate of drug-likeness (QED) is 0.839. The fourth-order valence-corrected chi connectivity index (χ4v) is 2.46. The summed E-state index contributed by atoms with van der Waals surface area (Å²) in [5.74, 6) is 0.871. The highest BCUT2D eigenvalue weighted by molar-refractivity contribution is 5.98. The standard InChI is InChI=1S/C15H15NO2/c17-15(9-12-4-2-8-18-12)14-5-1-3-11-10-16-7-6-13(11)14/h1-5,8,16H,6-7,9-10H2. The van der Waals surface area contributed by atoms with E-state index in [4.69, 9.17) is 4.42 Å². The molecule has 3 nitrogen and oxygen atoms in total. The van der Waals surface area contributed by atoms with Crippen molar-refractivity contribution in [1.29, 1.82) is 0 Å². The van der Waals surface area contributed by atoms with Crippen molar-refractivity contribution >= 4 is 5.78 Å². The zero-order chi connectivity index (χ0) is 12.4. The molecule has 1 N–H and O–H groups in total. The van der Waals surface area contributed by atoms with Crippen LogP contribution in [0.5, 0.6) is 0 Å². The zero-order valence-corrected chi connectivity index (χ0v) is 10.1. The molecule has 1 aromatic carbocycles. The Hall–Kier alpha value is -1.87. The average Bonchev–Trinajstić information content (AvgIpc) is 2.91. The fraction of sp³-hybridized carbons (Fsp3) is 0.267. The van der Waals surface area contributed by atoms with E-state index in [0.29, 0.717) is 6.42 Å². The molecule has 0 bridgehead atoms. The highest BCUT2D eigenvalue weighted by Crippen LogP contribution is 2.20. The number of ketones is 1. The lowest BCUT2D eigenvalue weighted by Crippen LogP contribution is -2.25. The second kappa shape index (κ2) is 4.78. The summed E-state index contributed by atoms with van der Waals surface area (Å²) >= 11 is 0. The minimum Gasteiger partial charge on any atom is -0.469 e. The van der Waals surface area contributed by atoms with Gasteiger partial charge in [-0.05, 0) is 36.2 Å². The predicted octanol–water partition coefficient (Wildman–Crippen LogP) is 2.35. The Kier molecular flexibility index (Phi) is 2.99. The monoisotopic (exact) mass is 241 g/mol. The fourth-order valence-electron chi connectivity index (χ4n) is 2.46. The van der Waals surface area contributed by atoms with Gasteiger partial charge in [-0.1, -0.05) is 18.2 Å². The molecule has 0 saturated heterocycles. The normalized spacial score (nSPS) is 14.2. The summed E-state index contributed by atoms with van der Waals surface area (Å²) < 4.78 is 5.24. The molecule has 2 aromatic rings. The van der Waals surface area contributed by atoms with Crippen LogP contribution in [0.1, 0.15) is 27.2 Å². The first-order chi connectivity index (χ1) is 8.84. The first kappa shape index (κ1) is 11.2. The molecule has 0 radical (unpaired) electrons. The van der Waals surface area contributed by atoms with E-state index >= 15 is 0 Å². The number of nitrogens with one attached hydrogen (secondary N) is 1. The van der Waals surface area contributed by atoms with Gasteiger partial charge in [-0.2, -0.15) is 0 Å². The molecule has 18 heavy (non-hydrogen) atoms. The van der Waals surface area contributed by atoms with Gasteiger partial charge in [0.15, 0.2) is 5.78 Å². The maximum absolute atomic E-state index is 12.3. The van der Waals surface area contributed by atoms with Crippen molar-refractivity contribution in [3.05, 3.63) is 59.0 Å². The second-order valence-corrected chi connectivity index (χ2v) is 4.55. The molecular formula is C15H15NO2. The largest absolute Gasteiger partial charge is 0.469 e. The Bertz CT molecular complexity index is 558. The van der Waals surface area contributed by atoms with Crippen LogP contribution < -0.4 is 5.32 Å². The van der Waals surface area contributed by atoms with E-state index in [0.717, 1.165) is 30.8 Å². The van der Waals surface area contributed by atoms with Crippen LogP contribution in [0, 0.1) is 0 Å². The van der Waals surface area contributed by atoms with Gasteiger partial charge in [0, 0.05) is 12.1 Å². The average molecular weight is 241 g/mol. The minimum atomic E-state index is 0.142. The van der Waals surface area contributed by atoms with Crippen molar-refractivity contribution < 1.29 is 9.21 Å². The van der Waals surface area contributed by atoms with Gasteiger partial charge in [0.2, 0.25) is 0 Å². The SMILES string of the molecule is O=C(Cc1ccco1)c1cccc2c1CCNC2. The third-order valence-electron chi connectivity index (χ3n) is 3.36. The lowest BCUT2D eigenvalue weighted by molar-refractivity contribution is 0.0986.